The number of aliphatic imine (C=N–C) groups is 1. The maximum Gasteiger partial charge on any atom is 0.498 e. The van der Waals surface area contributed by atoms with Crippen LogP contribution in [-0.4, -0.2) is 12.0 Å². The average molecular weight is 179 g/mol. The fourth-order valence-corrected chi connectivity index (χ4v) is 0.759. The first kappa shape index (κ1) is 9.05. The lowest BCUT2D eigenvalue weighted by Gasteiger charge is -1.95. The number of hydrogen-bond acceptors (Lipinski definition) is 1. The third-order valence-corrected chi connectivity index (χ3v) is 1.20. The van der Waals surface area contributed by atoms with Gasteiger partial charge in [0.15, 0.2) is 0 Å². The second-order valence-corrected chi connectivity index (χ2v) is 2.29. The van der Waals surface area contributed by atoms with Crippen LogP contribution >= 0.6 is 0 Å². The Labute approximate surface area is 75.5 Å². The molecule has 0 aliphatic carbocycles. The van der Waals surface area contributed by atoms with E-state index in [0.29, 0.717) is 5.75 Å². The largest absolute Gasteiger partial charge is 0.498 e. The van der Waals surface area contributed by atoms with Gasteiger partial charge in [-0.05, 0) is 12.1 Å². The molecule has 1 aromatic carbocycles. The molecule has 0 bridgehead atoms. The smallest absolute Gasteiger partial charge is 0.389 e. The Morgan fingerprint density at radius 1 is 1.23 bits per heavy atom. The molecule has 5 heteroatoms. The Hall–Kier alpha value is -2.04. The molecule has 0 fully saturated rings. The van der Waals surface area contributed by atoms with E-state index in [-0.39, 0.29) is 12.0 Å². The third-order valence-electron chi connectivity index (χ3n) is 1.20. The van der Waals surface area contributed by atoms with Crippen molar-refractivity contribution >= 4 is 12.0 Å². The van der Waals surface area contributed by atoms with Gasteiger partial charge in [-0.15, -0.1) is 0 Å². The predicted octanol–water partition coefficient (Wildman–Crippen LogP) is -1.55. The van der Waals surface area contributed by atoms with Crippen LogP contribution in [0.15, 0.2) is 35.3 Å². The normalized spacial score (nSPS) is 8.92. The van der Waals surface area contributed by atoms with E-state index in [1.54, 1.807) is 12.1 Å². The molecule has 0 radical (unpaired) electrons. The Bertz CT molecular complexity index is 316. The molecule has 13 heavy (non-hydrogen) atoms. The van der Waals surface area contributed by atoms with E-state index in [9.17, 15) is 0 Å². The van der Waals surface area contributed by atoms with E-state index >= 15 is 0 Å². The molecule has 0 amide bonds. The highest BCUT2D eigenvalue weighted by Gasteiger charge is 2.06. The predicted molar refractivity (Wildman–Crippen MR) is 49.8 cm³/mol. The molecular formula is C8H11N4O+. The van der Waals surface area contributed by atoms with Crippen molar-refractivity contribution in [1.82, 2.24) is 0 Å². The Balaban J connectivity index is 2.61. The zero-order valence-corrected chi connectivity index (χ0v) is 6.97. The highest BCUT2D eigenvalue weighted by molar-refractivity contribution is 5.88. The second kappa shape index (κ2) is 4.10. The lowest BCUT2D eigenvalue weighted by Crippen LogP contribution is -2.44. The summed E-state index contributed by atoms with van der Waals surface area (Å²) in [4.78, 5) is 3.52. The minimum absolute atomic E-state index is 0.0776. The molecule has 1 rings (SSSR count). The number of para-hydroxylation sites is 1. The van der Waals surface area contributed by atoms with Gasteiger partial charge in [0, 0.05) is 4.99 Å². The van der Waals surface area contributed by atoms with Crippen LogP contribution < -0.4 is 21.6 Å². The van der Waals surface area contributed by atoms with Gasteiger partial charge in [-0.2, -0.15) is 0 Å². The summed E-state index contributed by atoms with van der Waals surface area (Å²) in [7, 11) is 0. The van der Waals surface area contributed by atoms with Gasteiger partial charge in [0.25, 0.3) is 0 Å². The van der Waals surface area contributed by atoms with Gasteiger partial charge in [-0.1, -0.05) is 18.2 Å². The Morgan fingerprint density at radius 2 is 1.85 bits per heavy atom. The quantitative estimate of drug-likeness (QED) is 0.359. The molecule has 0 saturated heterocycles. The van der Waals surface area contributed by atoms with E-state index in [0.717, 1.165) is 0 Å². The number of ether oxygens (including phenoxy) is 1. The molecule has 1 aromatic rings. The molecule has 6 N–H and O–H groups in total. The Morgan fingerprint density at radius 3 is 2.38 bits per heavy atom. The van der Waals surface area contributed by atoms with Crippen molar-refractivity contribution in [3.8, 4) is 5.75 Å². The van der Waals surface area contributed by atoms with E-state index in [2.05, 4.69) is 4.99 Å². The molecule has 68 valence electrons. The van der Waals surface area contributed by atoms with Gasteiger partial charge >= 0.3 is 12.0 Å². The van der Waals surface area contributed by atoms with Crippen molar-refractivity contribution in [3.05, 3.63) is 30.3 Å². The Kier molecular flexibility index (Phi) is 2.86. The second-order valence-electron chi connectivity index (χ2n) is 2.29. The molecule has 0 aromatic heterocycles. The number of amidine groups is 1. The van der Waals surface area contributed by atoms with Crippen molar-refractivity contribution in [2.75, 3.05) is 0 Å². The van der Waals surface area contributed by atoms with Crippen LogP contribution in [0.2, 0.25) is 0 Å². The molecule has 0 aliphatic rings. The zero-order valence-electron chi connectivity index (χ0n) is 6.97. The van der Waals surface area contributed by atoms with Gasteiger partial charge in [0.1, 0.15) is 5.75 Å². The first-order valence-electron chi connectivity index (χ1n) is 3.63. The molecule has 5 nitrogen and oxygen atoms in total. The van der Waals surface area contributed by atoms with E-state index in [4.69, 9.17) is 21.6 Å². The fraction of sp³-hybridized carbons (Fsp3) is 0. The van der Waals surface area contributed by atoms with Crippen molar-refractivity contribution in [1.29, 1.82) is 0 Å². The molecule has 0 unspecified atom stereocenters. The molecule has 0 saturated carbocycles. The number of hydrogen-bond donors (Lipinski definition) is 3. The van der Waals surface area contributed by atoms with Gasteiger partial charge in [0.05, 0.1) is 0 Å². The number of guanidine groups is 1. The van der Waals surface area contributed by atoms with Crippen molar-refractivity contribution in [2.45, 2.75) is 0 Å². The summed E-state index contributed by atoms with van der Waals surface area (Å²) in [6.45, 7) is 0. The monoisotopic (exact) mass is 179 g/mol. The first-order chi connectivity index (χ1) is 6.18. The number of rotatable bonds is 1. The van der Waals surface area contributed by atoms with Crippen LogP contribution in [0.4, 0.5) is 0 Å². The van der Waals surface area contributed by atoms with Crippen LogP contribution in [0.25, 0.3) is 0 Å². The average Bonchev–Trinajstić information content (AvgIpc) is 2.04. The summed E-state index contributed by atoms with van der Waals surface area (Å²) in [5.41, 5.74) is 10.2. The molecule has 0 aliphatic heterocycles. The standard InChI is InChI=1S/C8H10N4O/c9-7(10)12-8(11)13-6-4-2-1-3-5-6/h1-5H,(H5,9,10,11,12)/p+1. The van der Waals surface area contributed by atoms with Crippen molar-refractivity contribution in [3.63, 3.8) is 0 Å². The maximum absolute atomic E-state index is 5.35. The van der Waals surface area contributed by atoms with E-state index < -0.39 is 0 Å². The lowest BCUT2D eigenvalue weighted by atomic mass is 10.3. The first-order valence-corrected chi connectivity index (χ1v) is 3.63. The summed E-state index contributed by atoms with van der Waals surface area (Å²) >= 11 is 0. The van der Waals surface area contributed by atoms with Gasteiger partial charge in [-0.3, -0.25) is 0 Å². The van der Waals surface area contributed by atoms with Crippen LogP contribution in [0, 0.1) is 0 Å². The summed E-state index contributed by atoms with van der Waals surface area (Å²) < 4.78 is 5.07. The van der Waals surface area contributed by atoms with Crippen LogP contribution in [0.3, 0.4) is 0 Å². The minimum Gasteiger partial charge on any atom is -0.389 e. The van der Waals surface area contributed by atoms with Crippen LogP contribution in [0.5, 0.6) is 5.75 Å². The molecule has 0 spiro atoms. The number of nitrogens with zero attached hydrogens (tertiary/aromatic N) is 1. The van der Waals surface area contributed by atoms with Crippen molar-refractivity contribution in [2.24, 2.45) is 16.5 Å². The summed E-state index contributed by atoms with van der Waals surface area (Å²) in [6, 6.07) is 8.91. The van der Waals surface area contributed by atoms with Crippen LogP contribution in [-0.2, 0) is 0 Å². The maximum atomic E-state index is 5.35. The van der Waals surface area contributed by atoms with E-state index in [1.165, 1.54) is 0 Å². The molecular weight excluding hydrogens is 168 g/mol. The fourth-order valence-electron chi connectivity index (χ4n) is 0.759. The highest BCUT2D eigenvalue weighted by Crippen LogP contribution is 2.07. The SMILES string of the molecule is NC(N)=NC(=[NH2+])Oc1ccccc1. The number of nitrogens with two attached hydrogens (primary N) is 3. The topological polar surface area (TPSA) is 99.2 Å². The number of benzene rings is 1. The highest BCUT2D eigenvalue weighted by atomic mass is 16.5. The molecule has 0 atom stereocenters. The van der Waals surface area contributed by atoms with E-state index in [1.807, 2.05) is 18.2 Å². The van der Waals surface area contributed by atoms with Crippen LogP contribution in [0.1, 0.15) is 0 Å². The van der Waals surface area contributed by atoms with Gasteiger partial charge in [0.2, 0.25) is 0 Å². The molecule has 0 heterocycles. The minimum atomic E-state index is -0.131. The third kappa shape index (κ3) is 3.24. The summed E-state index contributed by atoms with van der Waals surface area (Å²) in [5, 5.41) is 5.35. The zero-order chi connectivity index (χ0) is 9.68. The summed E-state index contributed by atoms with van der Waals surface area (Å²) in [5.74, 6) is 0.457. The summed E-state index contributed by atoms with van der Waals surface area (Å²) in [6.07, 6.45) is 0. The van der Waals surface area contributed by atoms with Crippen molar-refractivity contribution < 1.29 is 10.1 Å². The van der Waals surface area contributed by atoms with Gasteiger partial charge in [-0.25, -0.2) is 5.41 Å². The lowest BCUT2D eigenvalue weighted by molar-refractivity contribution is -0.132. The van der Waals surface area contributed by atoms with Gasteiger partial charge < -0.3 is 16.2 Å².